The molecule has 136 valence electrons. The molecule has 0 N–H and O–H groups in total. The Hall–Kier alpha value is -2.37. The molecule has 3 aromatic rings. The molecule has 0 aliphatic carbocycles. The molecule has 4 nitrogen and oxygen atoms in total. The van der Waals surface area contributed by atoms with Gasteiger partial charge in [-0.3, -0.25) is 4.90 Å². The monoisotopic (exact) mass is 373 g/mol. The summed E-state index contributed by atoms with van der Waals surface area (Å²) in [4.78, 5) is 2.08. The second-order valence-corrected chi connectivity index (χ2v) is 6.60. The Kier molecular flexibility index (Phi) is 5.59. The second-order valence-electron chi connectivity index (χ2n) is 6.24. The molecule has 0 saturated heterocycles. The number of rotatable bonds is 6. The van der Waals surface area contributed by atoms with Crippen LogP contribution < -0.4 is 4.74 Å². The normalized spacial score (nSPS) is 11.2. The van der Waals surface area contributed by atoms with Crippen molar-refractivity contribution in [3.05, 3.63) is 76.3 Å². The number of methoxy groups -OCH3 is 1. The van der Waals surface area contributed by atoms with Gasteiger partial charge in [-0.1, -0.05) is 35.9 Å². The van der Waals surface area contributed by atoms with Crippen molar-refractivity contribution in [3.63, 3.8) is 0 Å². The van der Waals surface area contributed by atoms with Crippen LogP contribution in [0.2, 0.25) is 5.15 Å². The first-order valence-corrected chi connectivity index (χ1v) is 8.67. The summed E-state index contributed by atoms with van der Waals surface area (Å²) >= 11 is 6.57. The Bertz CT molecular complexity index is 896. The fourth-order valence-corrected chi connectivity index (χ4v) is 3.23. The summed E-state index contributed by atoms with van der Waals surface area (Å²) in [5.41, 5.74) is 3.64. The van der Waals surface area contributed by atoms with Crippen LogP contribution in [0.5, 0.6) is 5.75 Å². The van der Waals surface area contributed by atoms with Gasteiger partial charge in [0.1, 0.15) is 5.15 Å². The molecule has 0 saturated carbocycles. The molecule has 26 heavy (non-hydrogen) atoms. The first-order valence-electron chi connectivity index (χ1n) is 8.30. The Morgan fingerprint density at radius 2 is 1.88 bits per heavy atom. The Morgan fingerprint density at radius 1 is 1.15 bits per heavy atom. The third-order valence-corrected chi connectivity index (χ3v) is 4.61. The average Bonchev–Trinajstić information content (AvgIpc) is 2.91. The van der Waals surface area contributed by atoms with Gasteiger partial charge in [-0.05, 0) is 43.8 Å². The maximum Gasteiger partial charge on any atom is 0.165 e. The summed E-state index contributed by atoms with van der Waals surface area (Å²) in [6.07, 6.45) is 0. The minimum atomic E-state index is -0.357. The summed E-state index contributed by atoms with van der Waals surface area (Å²) in [7, 11) is 3.43. The van der Waals surface area contributed by atoms with Crippen LogP contribution in [0.3, 0.4) is 0 Å². The number of para-hydroxylation sites is 1. The van der Waals surface area contributed by atoms with Crippen molar-refractivity contribution in [2.45, 2.75) is 20.0 Å². The predicted octanol–water partition coefficient (Wildman–Crippen LogP) is 4.61. The van der Waals surface area contributed by atoms with Gasteiger partial charge in [-0.25, -0.2) is 9.07 Å². The highest BCUT2D eigenvalue weighted by Gasteiger charge is 2.16. The van der Waals surface area contributed by atoms with Gasteiger partial charge < -0.3 is 4.74 Å². The Morgan fingerprint density at radius 3 is 2.54 bits per heavy atom. The van der Waals surface area contributed by atoms with Crippen molar-refractivity contribution in [1.29, 1.82) is 0 Å². The van der Waals surface area contributed by atoms with E-state index in [0.717, 1.165) is 22.5 Å². The lowest BCUT2D eigenvalue weighted by Crippen LogP contribution is -2.18. The molecular formula is C20H21ClFN3O. The fourth-order valence-electron chi connectivity index (χ4n) is 2.90. The summed E-state index contributed by atoms with van der Waals surface area (Å²) in [6.45, 7) is 3.15. The van der Waals surface area contributed by atoms with E-state index in [-0.39, 0.29) is 11.6 Å². The van der Waals surface area contributed by atoms with Crippen LogP contribution in [0, 0.1) is 12.7 Å². The number of ether oxygens (including phenoxy) is 1. The van der Waals surface area contributed by atoms with Gasteiger partial charge in [0.25, 0.3) is 0 Å². The van der Waals surface area contributed by atoms with Crippen molar-refractivity contribution in [3.8, 4) is 11.4 Å². The highest BCUT2D eigenvalue weighted by atomic mass is 35.5. The van der Waals surface area contributed by atoms with Gasteiger partial charge in [0.15, 0.2) is 11.6 Å². The van der Waals surface area contributed by atoms with Crippen LogP contribution in [0.4, 0.5) is 4.39 Å². The zero-order valence-corrected chi connectivity index (χ0v) is 15.8. The van der Waals surface area contributed by atoms with E-state index in [1.54, 1.807) is 10.7 Å². The standard InChI is InChI=1S/C20H21ClFN3O/c1-14-17(20(21)25(23-14)16-7-5-4-6-8-16)13-24(2)12-15-9-10-19(26-3)18(22)11-15/h4-11H,12-13H2,1-3H3. The first-order chi connectivity index (χ1) is 12.5. The molecule has 1 heterocycles. The third-order valence-electron chi connectivity index (χ3n) is 4.22. The maximum absolute atomic E-state index is 13.9. The van der Waals surface area contributed by atoms with E-state index in [1.807, 2.05) is 50.4 Å². The van der Waals surface area contributed by atoms with Crippen LogP contribution in [0.25, 0.3) is 5.69 Å². The van der Waals surface area contributed by atoms with Gasteiger partial charge >= 0.3 is 0 Å². The lowest BCUT2D eigenvalue weighted by atomic mass is 10.2. The van der Waals surface area contributed by atoms with E-state index in [1.165, 1.54) is 13.2 Å². The molecule has 0 amide bonds. The molecule has 0 atom stereocenters. The lowest BCUT2D eigenvalue weighted by molar-refractivity contribution is 0.317. The van der Waals surface area contributed by atoms with Crippen LogP contribution in [0.15, 0.2) is 48.5 Å². The number of aryl methyl sites for hydroxylation is 1. The highest BCUT2D eigenvalue weighted by Crippen LogP contribution is 2.25. The molecule has 0 aliphatic rings. The fraction of sp³-hybridized carbons (Fsp3) is 0.250. The van der Waals surface area contributed by atoms with Crippen molar-refractivity contribution in [1.82, 2.24) is 14.7 Å². The quantitative estimate of drug-likeness (QED) is 0.632. The van der Waals surface area contributed by atoms with Crippen LogP contribution in [0.1, 0.15) is 16.8 Å². The first kappa shape index (κ1) is 18.4. The highest BCUT2D eigenvalue weighted by molar-refractivity contribution is 6.30. The van der Waals surface area contributed by atoms with Crippen molar-refractivity contribution < 1.29 is 9.13 Å². The number of halogens is 2. The molecular weight excluding hydrogens is 353 g/mol. The molecule has 6 heteroatoms. The number of hydrogen-bond acceptors (Lipinski definition) is 3. The van der Waals surface area contributed by atoms with Gasteiger partial charge in [-0.15, -0.1) is 0 Å². The second kappa shape index (κ2) is 7.89. The topological polar surface area (TPSA) is 30.3 Å². The molecule has 0 radical (unpaired) electrons. The minimum absolute atomic E-state index is 0.249. The van der Waals surface area contributed by atoms with Crippen molar-refractivity contribution in [2.75, 3.05) is 14.2 Å². The molecule has 0 bridgehead atoms. The van der Waals surface area contributed by atoms with Gasteiger partial charge in [0.2, 0.25) is 0 Å². The molecule has 3 rings (SSSR count). The average molecular weight is 374 g/mol. The van der Waals surface area contributed by atoms with E-state index >= 15 is 0 Å². The van der Waals surface area contributed by atoms with Crippen LogP contribution >= 0.6 is 11.6 Å². The van der Waals surface area contributed by atoms with Gasteiger partial charge in [0, 0.05) is 18.7 Å². The van der Waals surface area contributed by atoms with Gasteiger partial charge in [0.05, 0.1) is 18.5 Å². The molecule has 2 aromatic carbocycles. The number of nitrogens with zero attached hydrogens (tertiary/aromatic N) is 3. The smallest absolute Gasteiger partial charge is 0.165 e. The maximum atomic E-state index is 13.9. The molecule has 0 unspecified atom stereocenters. The van der Waals surface area contributed by atoms with Crippen LogP contribution in [-0.4, -0.2) is 28.8 Å². The third kappa shape index (κ3) is 3.89. The van der Waals surface area contributed by atoms with E-state index in [4.69, 9.17) is 16.3 Å². The molecule has 0 spiro atoms. The number of aromatic nitrogens is 2. The SMILES string of the molecule is COc1ccc(CN(C)Cc2c(C)nn(-c3ccccc3)c2Cl)cc1F. The van der Waals surface area contributed by atoms with Crippen molar-refractivity contribution >= 4 is 11.6 Å². The summed E-state index contributed by atoms with van der Waals surface area (Å²) in [5, 5.41) is 5.16. The number of hydrogen-bond donors (Lipinski definition) is 0. The Balaban J connectivity index is 1.76. The molecule has 0 fully saturated rings. The summed E-state index contributed by atoms with van der Waals surface area (Å²) in [5.74, 6) is -0.107. The number of benzene rings is 2. The predicted molar refractivity (Wildman–Crippen MR) is 101 cm³/mol. The zero-order chi connectivity index (χ0) is 18.7. The molecule has 1 aromatic heterocycles. The van der Waals surface area contributed by atoms with E-state index in [9.17, 15) is 4.39 Å². The molecule has 0 aliphatic heterocycles. The largest absolute Gasteiger partial charge is 0.494 e. The van der Waals surface area contributed by atoms with E-state index in [0.29, 0.717) is 18.2 Å². The summed E-state index contributed by atoms with van der Waals surface area (Å²) < 4.78 is 20.6. The van der Waals surface area contributed by atoms with E-state index in [2.05, 4.69) is 10.00 Å². The van der Waals surface area contributed by atoms with Crippen molar-refractivity contribution in [2.24, 2.45) is 0 Å². The summed E-state index contributed by atoms with van der Waals surface area (Å²) in [6, 6.07) is 14.8. The zero-order valence-electron chi connectivity index (χ0n) is 15.0. The minimum Gasteiger partial charge on any atom is -0.494 e. The lowest BCUT2D eigenvalue weighted by Gasteiger charge is -2.17. The van der Waals surface area contributed by atoms with E-state index < -0.39 is 0 Å². The van der Waals surface area contributed by atoms with Crippen LogP contribution in [-0.2, 0) is 13.1 Å². The van der Waals surface area contributed by atoms with Gasteiger partial charge in [-0.2, -0.15) is 5.10 Å². The Labute approximate surface area is 157 Å².